The number of Topliss-reactive ketones (excluding diaryl/α,β-unsaturated/α-hetero) is 2. The highest BCUT2D eigenvalue weighted by Crippen LogP contribution is 2.53. The van der Waals surface area contributed by atoms with Gasteiger partial charge in [-0.1, -0.05) is 38.7 Å². The zero-order chi connectivity index (χ0) is 23.5. The van der Waals surface area contributed by atoms with Crippen LogP contribution in [-0.4, -0.2) is 33.8 Å². The van der Waals surface area contributed by atoms with Crippen molar-refractivity contribution in [1.29, 1.82) is 0 Å². The summed E-state index contributed by atoms with van der Waals surface area (Å²) in [5.74, 6) is -0.766. The number of unbranched alkanes of at least 4 members (excludes halogenated alkanes) is 4. The molecule has 0 radical (unpaired) electrons. The van der Waals surface area contributed by atoms with E-state index >= 15 is 0 Å². The number of carbonyl (C=O) groups is 3. The molecular weight excluding hydrogens is 408 g/mol. The van der Waals surface area contributed by atoms with E-state index in [0.717, 1.165) is 25.7 Å². The van der Waals surface area contributed by atoms with Crippen LogP contribution in [0.25, 0.3) is 0 Å². The molecule has 6 nitrogen and oxygen atoms in total. The van der Waals surface area contributed by atoms with Crippen LogP contribution < -0.4 is 0 Å². The van der Waals surface area contributed by atoms with Gasteiger partial charge >= 0.3 is 5.97 Å². The van der Waals surface area contributed by atoms with Crippen molar-refractivity contribution < 1.29 is 29.0 Å². The molecule has 0 unspecified atom stereocenters. The molecule has 32 heavy (non-hydrogen) atoms. The van der Waals surface area contributed by atoms with Crippen molar-refractivity contribution >= 4 is 17.5 Å². The first-order valence-corrected chi connectivity index (χ1v) is 11.3. The molecule has 1 N–H and O–H groups in total. The Bertz CT molecular complexity index is 976. The Morgan fingerprint density at radius 1 is 1.16 bits per heavy atom. The van der Waals surface area contributed by atoms with E-state index in [-0.39, 0.29) is 30.0 Å². The van der Waals surface area contributed by atoms with Crippen LogP contribution in [0.15, 0.2) is 58.6 Å². The molecule has 2 aliphatic heterocycles. The summed E-state index contributed by atoms with van der Waals surface area (Å²) in [4.78, 5) is 38.0. The van der Waals surface area contributed by atoms with Gasteiger partial charge in [0, 0.05) is 24.0 Å². The summed E-state index contributed by atoms with van der Waals surface area (Å²) in [5, 5.41) is 11.8. The second-order valence-electron chi connectivity index (χ2n) is 8.83. The largest absolute Gasteiger partial charge is 0.465 e. The molecule has 0 spiro atoms. The number of ketones is 2. The Hall–Kier alpha value is -2.73. The third kappa shape index (κ3) is 4.16. The second-order valence-corrected chi connectivity index (χ2v) is 8.83. The average Bonchev–Trinajstić information content (AvgIpc) is 2.98. The maximum Gasteiger partial charge on any atom is 0.343 e. The lowest BCUT2D eigenvalue weighted by molar-refractivity contribution is -0.167. The summed E-state index contributed by atoms with van der Waals surface area (Å²) in [6, 6.07) is 0. The lowest BCUT2D eigenvalue weighted by atomic mass is 9.64. The monoisotopic (exact) mass is 440 g/mol. The summed E-state index contributed by atoms with van der Waals surface area (Å²) in [6.07, 6.45) is 13.3. The maximum atomic E-state index is 13.0. The van der Waals surface area contributed by atoms with Crippen LogP contribution >= 0.6 is 0 Å². The van der Waals surface area contributed by atoms with Crippen molar-refractivity contribution in [3.8, 4) is 0 Å². The molecule has 1 aliphatic carbocycles. The first-order valence-electron chi connectivity index (χ1n) is 11.3. The Morgan fingerprint density at radius 2 is 1.88 bits per heavy atom. The fourth-order valence-corrected chi connectivity index (χ4v) is 4.64. The molecule has 0 saturated heterocycles. The van der Waals surface area contributed by atoms with E-state index in [1.165, 1.54) is 13.2 Å². The molecule has 3 aliphatic rings. The number of carbonyl (C=O) groups excluding carboxylic acids is 3. The minimum atomic E-state index is -1.85. The summed E-state index contributed by atoms with van der Waals surface area (Å²) < 4.78 is 11.3. The fraction of sp³-hybridized carbons (Fsp3) is 0.500. The zero-order valence-electron chi connectivity index (χ0n) is 19.3. The van der Waals surface area contributed by atoms with Crippen LogP contribution in [0.5, 0.6) is 0 Å². The predicted molar refractivity (Wildman–Crippen MR) is 120 cm³/mol. The molecule has 2 heterocycles. The van der Waals surface area contributed by atoms with Crippen LogP contribution in [0.2, 0.25) is 0 Å². The van der Waals surface area contributed by atoms with E-state index in [9.17, 15) is 19.5 Å². The number of fused-ring (bicyclic) bond motifs is 2. The predicted octanol–water partition coefficient (Wildman–Crippen LogP) is 4.55. The maximum absolute atomic E-state index is 13.0. The standard InChI is InChI=1S/C26H32O6/c1-5-7-8-9-10-12-22(28)23-20-14-18-13-19(11-6-2)31-16-21(18)26(30,15-17(3)27)25(20,4)32-24(23)29/h6,11,13-14,16,30H,5,7-10,12,15H2,1-4H3/t25-,26-/m1/s1. The fourth-order valence-electron chi connectivity index (χ4n) is 4.64. The van der Waals surface area contributed by atoms with E-state index in [2.05, 4.69) is 6.92 Å². The molecule has 0 saturated carbocycles. The molecule has 6 heteroatoms. The smallest absolute Gasteiger partial charge is 0.343 e. The summed E-state index contributed by atoms with van der Waals surface area (Å²) in [7, 11) is 0. The highest BCUT2D eigenvalue weighted by molar-refractivity contribution is 6.20. The van der Waals surface area contributed by atoms with Gasteiger partial charge in [-0.2, -0.15) is 0 Å². The SMILES string of the molecule is CC=CC1=CC2=CC3=C(C(=O)CCCCCCC)C(=O)O[C@@]3(C)[C@@](O)(CC(C)=O)C2=CO1. The molecule has 0 aromatic rings. The Morgan fingerprint density at radius 3 is 2.53 bits per heavy atom. The molecule has 0 bridgehead atoms. The van der Waals surface area contributed by atoms with Crippen LogP contribution in [0.3, 0.4) is 0 Å². The average molecular weight is 441 g/mol. The van der Waals surface area contributed by atoms with Crippen molar-refractivity contribution in [2.24, 2.45) is 0 Å². The minimum absolute atomic E-state index is 0.0241. The van der Waals surface area contributed by atoms with Gasteiger partial charge in [-0.25, -0.2) is 4.79 Å². The van der Waals surface area contributed by atoms with Gasteiger partial charge in [-0.05, 0) is 51.0 Å². The van der Waals surface area contributed by atoms with E-state index in [4.69, 9.17) is 9.47 Å². The van der Waals surface area contributed by atoms with Crippen LogP contribution in [0, 0.1) is 0 Å². The molecule has 0 fully saturated rings. The van der Waals surface area contributed by atoms with Crippen molar-refractivity contribution in [2.75, 3.05) is 0 Å². The number of hydrogen-bond donors (Lipinski definition) is 1. The van der Waals surface area contributed by atoms with Gasteiger partial charge < -0.3 is 14.6 Å². The number of aliphatic hydroxyl groups is 1. The summed E-state index contributed by atoms with van der Waals surface area (Å²) in [6.45, 7) is 6.91. The molecular formula is C26H32O6. The van der Waals surface area contributed by atoms with Crippen molar-refractivity contribution in [3.05, 3.63) is 58.6 Å². The molecule has 2 atom stereocenters. The Balaban J connectivity index is 2.07. The highest BCUT2D eigenvalue weighted by atomic mass is 16.6. The molecule has 0 amide bonds. The lowest BCUT2D eigenvalue weighted by Crippen LogP contribution is -2.58. The normalized spacial score (nSPS) is 26.7. The van der Waals surface area contributed by atoms with E-state index in [1.54, 1.807) is 25.2 Å². The first kappa shape index (κ1) is 23.9. The van der Waals surface area contributed by atoms with Gasteiger partial charge in [-0.15, -0.1) is 0 Å². The molecule has 172 valence electrons. The number of allylic oxidation sites excluding steroid dienone is 3. The summed E-state index contributed by atoms with van der Waals surface area (Å²) in [5.41, 5.74) is -2.16. The Kier molecular flexibility index (Phi) is 7.03. The van der Waals surface area contributed by atoms with Crippen LogP contribution in [-0.2, 0) is 23.9 Å². The van der Waals surface area contributed by atoms with E-state index in [1.807, 2.05) is 13.0 Å². The van der Waals surface area contributed by atoms with Gasteiger partial charge in [0.2, 0.25) is 0 Å². The molecule has 0 aromatic heterocycles. The first-order chi connectivity index (χ1) is 15.2. The van der Waals surface area contributed by atoms with Crippen molar-refractivity contribution in [3.63, 3.8) is 0 Å². The summed E-state index contributed by atoms with van der Waals surface area (Å²) >= 11 is 0. The van der Waals surface area contributed by atoms with Crippen LogP contribution in [0.4, 0.5) is 0 Å². The number of esters is 1. The minimum Gasteiger partial charge on any atom is -0.465 e. The number of rotatable bonds is 10. The topological polar surface area (TPSA) is 89.9 Å². The van der Waals surface area contributed by atoms with Gasteiger partial charge in [0.15, 0.2) is 11.4 Å². The number of hydrogen-bond acceptors (Lipinski definition) is 6. The van der Waals surface area contributed by atoms with E-state index < -0.39 is 17.2 Å². The highest BCUT2D eigenvalue weighted by Gasteiger charge is 2.63. The third-order valence-electron chi connectivity index (χ3n) is 6.36. The lowest BCUT2D eigenvalue weighted by Gasteiger charge is -2.46. The van der Waals surface area contributed by atoms with Gasteiger partial charge in [-0.3, -0.25) is 9.59 Å². The van der Waals surface area contributed by atoms with Gasteiger partial charge in [0.1, 0.15) is 22.7 Å². The molecule has 0 aromatic carbocycles. The van der Waals surface area contributed by atoms with Crippen LogP contribution in [0.1, 0.15) is 72.6 Å². The second kappa shape index (κ2) is 9.41. The van der Waals surface area contributed by atoms with Gasteiger partial charge in [0.25, 0.3) is 0 Å². The van der Waals surface area contributed by atoms with Crippen molar-refractivity contribution in [2.45, 2.75) is 83.8 Å². The molecule has 3 rings (SSSR count). The quantitative estimate of drug-likeness (QED) is 0.304. The van der Waals surface area contributed by atoms with Gasteiger partial charge in [0.05, 0.1) is 6.26 Å². The van der Waals surface area contributed by atoms with E-state index in [0.29, 0.717) is 28.9 Å². The Labute approximate surface area is 189 Å². The third-order valence-corrected chi connectivity index (χ3v) is 6.36. The van der Waals surface area contributed by atoms with Crippen molar-refractivity contribution in [1.82, 2.24) is 0 Å². The number of ether oxygens (including phenoxy) is 2. The zero-order valence-corrected chi connectivity index (χ0v) is 19.3.